The first-order chi connectivity index (χ1) is 10.2. The van der Waals surface area contributed by atoms with E-state index in [-0.39, 0.29) is 19.1 Å². The third-order valence-electron chi connectivity index (χ3n) is 4.10. The van der Waals surface area contributed by atoms with E-state index in [1.807, 2.05) is 24.3 Å². The predicted molar refractivity (Wildman–Crippen MR) is 74.8 cm³/mol. The van der Waals surface area contributed by atoms with Crippen molar-refractivity contribution in [2.45, 2.75) is 18.5 Å². The number of nitrogens with one attached hydrogen (secondary N) is 2. The zero-order chi connectivity index (χ0) is 14.8. The molecule has 0 bridgehead atoms. The number of ether oxygens (including phenoxy) is 1. The second kappa shape index (κ2) is 5.83. The maximum atomic E-state index is 12.5. The molecule has 3 unspecified atom stereocenters. The fourth-order valence-corrected chi connectivity index (χ4v) is 2.94. The summed E-state index contributed by atoms with van der Waals surface area (Å²) in [7, 11) is 0. The first kappa shape index (κ1) is 14.0. The number of carboxylic acids is 1. The quantitative estimate of drug-likeness (QED) is 0.734. The van der Waals surface area contributed by atoms with Crippen molar-refractivity contribution in [1.29, 1.82) is 0 Å². The van der Waals surface area contributed by atoms with Crippen molar-refractivity contribution in [2.75, 3.05) is 19.8 Å². The monoisotopic (exact) mass is 290 g/mol. The van der Waals surface area contributed by atoms with Crippen LogP contribution >= 0.6 is 0 Å². The number of fused-ring (bicyclic) bond motifs is 1. The van der Waals surface area contributed by atoms with E-state index in [9.17, 15) is 9.59 Å². The molecule has 0 saturated carbocycles. The van der Waals surface area contributed by atoms with E-state index < -0.39 is 24.0 Å². The van der Waals surface area contributed by atoms with Crippen LogP contribution in [-0.4, -0.2) is 42.8 Å². The van der Waals surface area contributed by atoms with E-state index >= 15 is 0 Å². The maximum absolute atomic E-state index is 12.5. The Bertz CT molecular complexity index is 560. The van der Waals surface area contributed by atoms with Crippen LogP contribution in [0.5, 0.6) is 0 Å². The van der Waals surface area contributed by atoms with Crippen LogP contribution < -0.4 is 10.6 Å². The number of carboxylic acid groups (broad SMARTS) is 1. The third kappa shape index (κ3) is 2.77. The molecule has 21 heavy (non-hydrogen) atoms. The van der Waals surface area contributed by atoms with Gasteiger partial charge < -0.3 is 20.5 Å². The summed E-state index contributed by atoms with van der Waals surface area (Å²) in [5, 5.41) is 15.1. The number of benzene rings is 1. The highest BCUT2D eigenvalue weighted by atomic mass is 16.5. The number of amides is 1. The van der Waals surface area contributed by atoms with Crippen molar-refractivity contribution >= 4 is 11.9 Å². The summed E-state index contributed by atoms with van der Waals surface area (Å²) >= 11 is 0. The molecule has 3 N–H and O–H groups in total. The van der Waals surface area contributed by atoms with Gasteiger partial charge in [0.1, 0.15) is 12.0 Å². The van der Waals surface area contributed by atoms with Crippen molar-refractivity contribution < 1.29 is 19.4 Å². The van der Waals surface area contributed by atoms with Gasteiger partial charge in [-0.3, -0.25) is 9.59 Å². The van der Waals surface area contributed by atoms with Gasteiger partial charge in [-0.1, -0.05) is 24.3 Å². The van der Waals surface area contributed by atoms with Crippen molar-refractivity contribution in [1.82, 2.24) is 10.6 Å². The van der Waals surface area contributed by atoms with Crippen molar-refractivity contribution in [2.24, 2.45) is 5.92 Å². The maximum Gasteiger partial charge on any atom is 0.311 e. The lowest BCUT2D eigenvalue weighted by Gasteiger charge is -2.27. The molecule has 0 aromatic heterocycles. The fraction of sp³-hybridized carbons (Fsp3) is 0.467. The predicted octanol–water partition coefficient (Wildman–Crippen LogP) is 0.0892. The molecule has 0 spiro atoms. The van der Waals surface area contributed by atoms with Crippen LogP contribution in [0.25, 0.3) is 0 Å². The Morgan fingerprint density at radius 2 is 2.10 bits per heavy atom. The van der Waals surface area contributed by atoms with Gasteiger partial charge in [0.15, 0.2) is 0 Å². The summed E-state index contributed by atoms with van der Waals surface area (Å²) in [6.45, 7) is 1.13. The SMILES string of the molecule is O=C(NC1COCC1C(=O)O)C1NCCc2ccccc21. The largest absolute Gasteiger partial charge is 0.481 e. The third-order valence-corrected chi connectivity index (χ3v) is 4.10. The molecule has 1 aromatic carbocycles. The van der Waals surface area contributed by atoms with E-state index in [4.69, 9.17) is 9.84 Å². The van der Waals surface area contributed by atoms with E-state index in [1.165, 1.54) is 0 Å². The Labute approximate surface area is 122 Å². The molecule has 6 nitrogen and oxygen atoms in total. The van der Waals surface area contributed by atoms with E-state index in [1.54, 1.807) is 0 Å². The van der Waals surface area contributed by atoms with Gasteiger partial charge in [-0.05, 0) is 17.5 Å². The minimum absolute atomic E-state index is 0.148. The molecule has 2 aliphatic rings. The normalized spacial score (nSPS) is 27.9. The van der Waals surface area contributed by atoms with Gasteiger partial charge in [-0.2, -0.15) is 0 Å². The summed E-state index contributed by atoms with van der Waals surface area (Å²) in [5.41, 5.74) is 2.13. The Kier molecular flexibility index (Phi) is 3.90. The average Bonchev–Trinajstić information content (AvgIpc) is 2.95. The Balaban J connectivity index is 1.73. The Hall–Kier alpha value is -1.92. The number of hydrogen-bond acceptors (Lipinski definition) is 4. The molecule has 1 fully saturated rings. The molecular weight excluding hydrogens is 272 g/mol. The van der Waals surface area contributed by atoms with Gasteiger partial charge in [-0.15, -0.1) is 0 Å². The lowest BCUT2D eigenvalue weighted by atomic mass is 9.93. The number of carbonyl (C=O) groups excluding carboxylic acids is 1. The molecular formula is C15H18N2O4. The summed E-state index contributed by atoms with van der Waals surface area (Å²) in [4.78, 5) is 23.6. The van der Waals surface area contributed by atoms with Crippen molar-refractivity contribution in [3.63, 3.8) is 0 Å². The Morgan fingerprint density at radius 1 is 1.29 bits per heavy atom. The Morgan fingerprint density at radius 3 is 2.90 bits per heavy atom. The zero-order valence-corrected chi connectivity index (χ0v) is 11.5. The van der Waals surface area contributed by atoms with E-state index in [0.29, 0.717) is 0 Å². The lowest BCUT2D eigenvalue weighted by molar-refractivity contribution is -0.142. The van der Waals surface area contributed by atoms with Gasteiger partial charge in [0.2, 0.25) is 5.91 Å². The van der Waals surface area contributed by atoms with Crippen molar-refractivity contribution in [3.8, 4) is 0 Å². The topological polar surface area (TPSA) is 87.7 Å². The van der Waals surface area contributed by atoms with Crippen LogP contribution in [-0.2, 0) is 20.7 Å². The second-order valence-corrected chi connectivity index (χ2v) is 5.43. The van der Waals surface area contributed by atoms with Gasteiger partial charge in [-0.25, -0.2) is 0 Å². The standard InChI is InChI=1S/C15H18N2O4/c18-14(17-12-8-21-7-11(12)15(19)20)13-10-4-2-1-3-9(10)5-6-16-13/h1-4,11-13,16H,5-8H2,(H,17,18)(H,19,20). The minimum atomic E-state index is -0.935. The summed E-state index contributed by atoms with van der Waals surface area (Å²) in [6.07, 6.45) is 0.893. The van der Waals surface area contributed by atoms with Crippen LogP contribution in [0.3, 0.4) is 0 Å². The van der Waals surface area contributed by atoms with Gasteiger partial charge in [0.25, 0.3) is 0 Å². The van der Waals surface area contributed by atoms with E-state index in [0.717, 1.165) is 24.1 Å². The molecule has 0 aliphatic carbocycles. The van der Waals surface area contributed by atoms with Crippen LogP contribution in [0.1, 0.15) is 17.2 Å². The highest BCUT2D eigenvalue weighted by Crippen LogP contribution is 2.23. The molecule has 1 saturated heterocycles. The number of carbonyl (C=O) groups is 2. The smallest absolute Gasteiger partial charge is 0.311 e. The molecule has 112 valence electrons. The van der Waals surface area contributed by atoms with Crippen molar-refractivity contribution in [3.05, 3.63) is 35.4 Å². The van der Waals surface area contributed by atoms with Gasteiger partial charge >= 0.3 is 5.97 Å². The number of aliphatic carboxylic acids is 1. The summed E-state index contributed by atoms with van der Waals surface area (Å²) in [5.74, 6) is -1.80. The molecule has 0 radical (unpaired) electrons. The highest BCUT2D eigenvalue weighted by Gasteiger charge is 2.37. The first-order valence-corrected chi connectivity index (χ1v) is 7.09. The lowest BCUT2D eigenvalue weighted by Crippen LogP contribution is -2.48. The summed E-state index contributed by atoms with van der Waals surface area (Å²) in [6, 6.07) is 6.94. The number of hydrogen-bond donors (Lipinski definition) is 3. The molecule has 6 heteroatoms. The fourth-order valence-electron chi connectivity index (χ4n) is 2.94. The number of rotatable bonds is 3. The molecule has 2 heterocycles. The molecule has 1 aromatic rings. The molecule has 2 aliphatic heterocycles. The molecule has 3 atom stereocenters. The summed E-state index contributed by atoms with van der Waals surface area (Å²) < 4.78 is 5.17. The van der Waals surface area contributed by atoms with Crippen LogP contribution in [0.4, 0.5) is 0 Å². The van der Waals surface area contributed by atoms with Crippen LogP contribution in [0, 0.1) is 5.92 Å². The zero-order valence-electron chi connectivity index (χ0n) is 11.5. The van der Waals surface area contributed by atoms with Gasteiger partial charge in [0, 0.05) is 6.54 Å². The average molecular weight is 290 g/mol. The minimum Gasteiger partial charge on any atom is -0.481 e. The van der Waals surface area contributed by atoms with E-state index in [2.05, 4.69) is 10.6 Å². The molecule has 3 rings (SSSR count). The van der Waals surface area contributed by atoms with Gasteiger partial charge in [0.05, 0.1) is 19.3 Å². The second-order valence-electron chi connectivity index (χ2n) is 5.43. The highest BCUT2D eigenvalue weighted by molar-refractivity contribution is 5.85. The first-order valence-electron chi connectivity index (χ1n) is 7.09. The van der Waals surface area contributed by atoms with Crippen LogP contribution in [0.2, 0.25) is 0 Å². The molecule has 1 amide bonds. The van der Waals surface area contributed by atoms with Crippen LogP contribution in [0.15, 0.2) is 24.3 Å².